The van der Waals surface area contributed by atoms with Gasteiger partial charge < -0.3 is 15.2 Å². The minimum Gasteiger partial charge on any atom is -0.480 e. The van der Waals surface area contributed by atoms with E-state index in [0.29, 0.717) is 12.1 Å². The zero-order valence-electron chi connectivity index (χ0n) is 19.4. The highest BCUT2D eigenvalue weighted by Gasteiger charge is 2.30. The number of aromatic nitrogens is 1. The number of carbonyl (C=O) groups excluding carboxylic acids is 1. The zero-order valence-corrected chi connectivity index (χ0v) is 20.2. The van der Waals surface area contributed by atoms with Crippen molar-refractivity contribution in [3.8, 4) is 11.1 Å². The van der Waals surface area contributed by atoms with E-state index in [1.165, 1.54) is 0 Å². The molecule has 0 saturated heterocycles. The second kappa shape index (κ2) is 10.9. The Bertz CT molecular complexity index is 1330. The zero-order chi connectivity index (χ0) is 25.7. The Morgan fingerprint density at radius 1 is 1.00 bits per heavy atom. The molecule has 3 aromatic rings. The lowest BCUT2D eigenvalue weighted by Gasteiger charge is -2.17. The van der Waals surface area contributed by atoms with Gasteiger partial charge in [0.25, 0.3) is 10.1 Å². The number of carbonyl (C=O) groups is 2. The first kappa shape index (κ1) is 25.3. The summed E-state index contributed by atoms with van der Waals surface area (Å²) < 4.78 is 37.8. The summed E-state index contributed by atoms with van der Waals surface area (Å²) in [5.74, 6) is -1.71. The number of nitrogens with zero attached hydrogens (tertiary/aromatic N) is 1. The van der Waals surface area contributed by atoms with Crippen LogP contribution >= 0.6 is 0 Å². The van der Waals surface area contributed by atoms with E-state index < -0.39 is 28.2 Å². The van der Waals surface area contributed by atoms with Crippen LogP contribution in [-0.4, -0.2) is 48.5 Å². The highest BCUT2D eigenvalue weighted by molar-refractivity contribution is 7.85. The molecule has 1 amide bonds. The van der Waals surface area contributed by atoms with E-state index in [-0.39, 0.29) is 31.1 Å². The first-order chi connectivity index (χ1) is 17.2. The molecule has 0 aliphatic heterocycles. The lowest BCUT2D eigenvalue weighted by atomic mass is 9.98. The van der Waals surface area contributed by atoms with E-state index in [0.717, 1.165) is 22.3 Å². The number of hydrogen-bond donors (Lipinski definition) is 3. The van der Waals surface area contributed by atoms with Crippen molar-refractivity contribution in [3.05, 3.63) is 89.7 Å². The molecule has 1 aromatic heterocycles. The summed E-state index contributed by atoms with van der Waals surface area (Å²) in [5.41, 5.74) is 4.95. The van der Waals surface area contributed by atoms with Gasteiger partial charge in [-0.2, -0.15) is 8.42 Å². The van der Waals surface area contributed by atoms with Crippen LogP contribution in [0.25, 0.3) is 11.1 Å². The molecule has 1 aliphatic carbocycles. The quantitative estimate of drug-likeness (QED) is 0.281. The van der Waals surface area contributed by atoms with E-state index >= 15 is 0 Å². The maximum atomic E-state index is 12.5. The van der Waals surface area contributed by atoms with Crippen molar-refractivity contribution >= 4 is 22.2 Å². The molecule has 10 heteroatoms. The summed E-state index contributed by atoms with van der Waals surface area (Å²) in [7, 11) is -4.05. The SMILES string of the molecule is O=C(NC(Cc1ccc[n+](CCCS(=O)(=O)O)c1)C(=O)O)OCC1c2ccccc2-c2ccccc21. The van der Waals surface area contributed by atoms with Crippen LogP contribution in [0.15, 0.2) is 73.1 Å². The maximum absolute atomic E-state index is 12.5. The van der Waals surface area contributed by atoms with E-state index in [1.54, 1.807) is 29.1 Å². The minimum absolute atomic E-state index is 0.0126. The van der Waals surface area contributed by atoms with Crippen molar-refractivity contribution in [2.24, 2.45) is 0 Å². The third kappa shape index (κ3) is 6.27. The second-order valence-corrected chi connectivity index (χ2v) is 10.2. The predicted molar refractivity (Wildman–Crippen MR) is 131 cm³/mol. The molecule has 0 saturated carbocycles. The largest absolute Gasteiger partial charge is 0.480 e. The average molecular weight is 512 g/mol. The van der Waals surface area contributed by atoms with Crippen molar-refractivity contribution in [2.45, 2.75) is 31.3 Å². The Morgan fingerprint density at radius 2 is 1.64 bits per heavy atom. The number of aliphatic carboxylic acids is 1. The lowest BCUT2D eigenvalue weighted by Crippen LogP contribution is -2.43. The number of carboxylic acids is 1. The van der Waals surface area contributed by atoms with Gasteiger partial charge in [-0.25, -0.2) is 14.2 Å². The molecule has 0 spiro atoms. The summed E-state index contributed by atoms with van der Waals surface area (Å²) >= 11 is 0. The van der Waals surface area contributed by atoms with Crippen LogP contribution in [0.5, 0.6) is 0 Å². The Balaban J connectivity index is 1.37. The van der Waals surface area contributed by atoms with Crippen LogP contribution < -0.4 is 9.88 Å². The highest BCUT2D eigenvalue weighted by Crippen LogP contribution is 2.44. The van der Waals surface area contributed by atoms with Gasteiger partial charge in [0.2, 0.25) is 0 Å². The molecule has 188 valence electrons. The molecule has 0 bridgehead atoms. The number of carboxylic acid groups (broad SMARTS) is 1. The topological polar surface area (TPSA) is 134 Å². The van der Waals surface area contributed by atoms with Gasteiger partial charge in [-0.3, -0.25) is 4.55 Å². The van der Waals surface area contributed by atoms with E-state index in [4.69, 9.17) is 9.29 Å². The summed E-state index contributed by atoms with van der Waals surface area (Å²) in [4.78, 5) is 24.4. The number of rotatable bonds is 10. The van der Waals surface area contributed by atoms with Gasteiger partial charge in [0.15, 0.2) is 12.4 Å². The number of alkyl carbamates (subject to hydrolysis) is 1. The maximum Gasteiger partial charge on any atom is 0.407 e. The molecule has 1 atom stereocenters. The Hall–Kier alpha value is -3.76. The fraction of sp³-hybridized carbons (Fsp3) is 0.269. The van der Waals surface area contributed by atoms with Crippen LogP contribution in [0, 0.1) is 0 Å². The molecule has 3 N–H and O–H groups in total. The number of amides is 1. The second-order valence-electron chi connectivity index (χ2n) is 8.65. The van der Waals surface area contributed by atoms with Crippen molar-refractivity contribution in [2.75, 3.05) is 12.4 Å². The monoisotopic (exact) mass is 511 g/mol. The summed E-state index contributed by atoms with van der Waals surface area (Å²) in [6.45, 7) is 0.399. The van der Waals surface area contributed by atoms with Crippen molar-refractivity contribution in [3.63, 3.8) is 0 Å². The molecule has 9 nitrogen and oxygen atoms in total. The minimum atomic E-state index is -4.05. The fourth-order valence-electron chi connectivity index (χ4n) is 4.48. The fourth-order valence-corrected chi connectivity index (χ4v) is 4.98. The summed E-state index contributed by atoms with van der Waals surface area (Å²) in [6, 6.07) is 18.1. The van der Waals surface area contributed by atoms with Crippen LogP contribution in [0.2, 0.25) is 0 Å². The van der Waals surface area contributed by atoms with Crippen LogP contribution in [0.3, 0.4) is 0 Å². The molecule has 0 fully saturated rings. The van der Waals surface area contributed by atoms with Gasteiger partial charge in [0.1, 0.15) is 19.2 Å². The smallest absolute Gasteiger partial charge is 0.407 e. The normalized spacial score (nSPS) is 13.5. The van der Waals surface area contributed by atoms with Crippen molar-refractivity contribution in [1.82, 2.24) is 5.32 Å². The molecule has 2 aromatic carbocycles. The van der Waals surface area contributed by atoms with Gasteiger partial charge in [0, 0.05) is 30.4 Å². The average Bonchev–Trinajstić information content (AvgIpc) is 3.15. The number of pyridine rings is 1. The van der Waals surface area contributed by atoms with E-state index in [1.807, 2.05) is 48.5 Å². The number of ether oxygens (including phenoxy) is 1. The van der Waals surface area contributed by atoms with Gasteiger partial charge in [0.05, 0.1) is 5.75 Å². The van der Waals surface area contributed by atoms with E-state index in [9.17, 15) is 23.1 Å². The molecule has 1 unspecified atom stereocenters. The number of aryl methyl sites for hydroxylation is 1. The van der Waals surface area contributed by atoms with Crippen molar-refractivity contribution in [1.29, 1.82) is 0 Å². The molecule has 1 aliphatic rings. The number of hydrogen-bond acceptors (Lipinski definition) is 5. The standard InChI is InChI=1S/C26H26N2O7S/c29-25(30)24(15-18-7-5-12-28(16-18)13-6-14-36(32,33)34)27-26(31)35-17-23-21-10-3-1-8-19(21)20-9-2-4-11-22(20)23/h1-5,7-12,16,23-24H,6,13-15,17H2,(H2-,27,29,30,31,32,33,34)/p+1. The number of benzene rings is 2. The molecular formula is C26H27N2O7S+. The van der Waals surface area contributed by atoms with Gasteiger partial charge in [-0.15, -0.1) is 0 Å². The van der Waals surface area contributed by atoms with Gasteiger partial charge in [-0.1, -0.05) is 48.5 Å². The third-order valence-electron chi connectivity index (χ3n) is 6.11. The molecule has 4 rings (SSSR count). The summed E-state index contributed by atoms with van der Waals surface area (Å²) in [6.07, 6.45) is 2.79. The third-order valence-corrected chi connectivity index (χ3v) is 6.92. The summed E-state index contributed by atoms with van der Waals surface area (Å²) in [5, 5.41) is 12.1. The number of fused-ring (bicyclic) bond motifs is 3. The lowest BCUT2D eigenvalue weighted by molar-refractivity contribution is -0.697. The predicted octanol–water partition coefficient (Wildman–Crippen LogP) is 2.79. The Labute approximate surface area is 209 Å². The Morgan fingerprint density at radius 3 is 2.25 bits per heavy atom. The van der Waals surface area contributed by atoms with E-state index in [2.05, 4.69) is 5.32 Å². The van der Waals surface area contributed by atoms with Crippen LogP contribution in [0.4, 0.5) is 4.79 Å². The highest BCUT2D eigenvalue weighted by atomic mass is 32.2. The van der Waals surface area contributed by atoms with Crippen LogP contribution in [0.1, 0.15) is 29.0 Å². The number of nitrogens with one attached hydrogen (secondary N) is 1. The van der Waals surface area contributed by atoms with Gasteiger partial charge >= 0.3 is 12.1 Å². The Kier molecular flexibility index (Phi) is 7.66. The van der Waals surface area contributed by atoms with Crippen molar-refractivity contribution < 1.29 is 37.0 Å². The first-order valence-electron chi connectivity index (χ1n) is 11.5. The molecule has 0 radical (unpaired) electrons. The molecule has 36 heavy (non-hydrogen) atoms. The first-order valence-corrected chi connectivity index (χ1v) is 13.1. The van der Waals surface area contributed by atoms with Crippen LogP contribution in [-0.2, 0) is 32.6 Å². The molecular weight excluding hydrogens is 484 g/mol. The van der Waals surface area contributed by atoms with Gasteiger partial charge in [-0.05, 0) is 28.3 Å². The molecule has 1 heterocycles.